The van der Waals surface area contributed by atoms with Crippen LogP contribution < -0.4 is 0 Å². The largest absolute Gasteiger partial charge is 0.350 e. The Kier molecular flexibility index (Phi) is 2.45. The van der Waals surface area contributed by atoms with Crippen LogP contribution in [-0.2, 0) is 11.3 Å². The van der Waals surface area contributed by atoms with Crippen LogP contribution in [0.1, 0.15) is 11.1 Å². The van der Waals surface area contributed by atoms with E-state index in [0.717, 1.165) is 12.8 Å². The van der Waals surface area contributed by atoms with Gasteiger partial charge in [-0.05, 0) is 23.3 Å². The Bertz CT molecular complexity index is 393. The zero-order valence-corrected chi connectivity index (χ0v) is 7.76. The highest BCUT2D eigenvalue weighted by Gasteiger charge is 2.06. The molecule has 0 unspecified atom stereocenters. The van der Waals surface area contributed by atoms with E-state index in [1.165, 1.54) is 17.2 Å². The summed E-state index contributed by atoms with van der Waals surface area (Å²) < 4.78 is 0. The second-order valence-electron chi connectivity index (χ2n) is 3.16. The highest BCUT2D eigenvalue weighted by atomic mass is 16.1. The molecule has 1 aliphatic rings. The molecular weight excluding hydrogens is 174 g/mol. The number of carbonyl (C=O) groups excluding carboxylic acids is 1. The van der Waals surface area contributed by atoms with Gasteiger partial charge in [-0.3, -0.25) is 4.79 Å². The molecule has 0 radical (unpaired) electrons. The van der Waals surface area contributed by atoms with Gasteiger partial charge in [0, 0.05) is 18.9 Å². The summed E-state index contributed by atoms with van der Waals surface area (Å²) in [4.78, 5) is 12.1. The molecule has 2 rings (SSSR count). The Labute approximate surface area is 83.2 Å². The average molecular weight is 185 g/mol. The zero-order chi connectivity index (χ0) is 9.80. The Morgan fingerprint density at radius 1 is 1.29 bits per heavy atom. The Balaban J connectivity index is 2.21. The summed E-state index contributed by atoms with van der Waals surface area (Å²) in [7, 11) is 0. The number of allylic oxidation sites excluding steroid dienone is 1. The fourth-order valence-electron chi connectivity index (χ4n) is 1.51. The molecule has 14 heavy (non-hydrogen) atoms. The van der Waals surface area contributed by atoms with Gasteiger partial charge in [-0.15, -0.1) is 0 Å². The molecule has 1 aromatic rings. The van der Waals surface area contributed by atoms with Gasteiger partial charge in [-0.25, -0.2) is 0 Å². The van der Waals surface area contributed by atoms with Crippen LogP contribution in [0.4, 0.5) is 0 Å². The van der Waals surface area contributed by atoms with Crippen molar-refractivity contribution in [3.63, 3.8) is 0 Å². The molecule has 1 aliphatic heterocycles. The molecule has 70 valence electrons. The summed E-state index contributed by atoms with van der Waals surface area (Å²) >= 11 is 0. The van der Waals surface area contributed by atoms with E-state index in [1.807, 2.05) is 29.3 Å². The first-order valence-corrected chi connectivity index (χ1v) is 4.54. The van der Waals surface area contributed by atoms with Gasteiger partial charge in [0.2, 0.25) is 0 Å². The lowest BCUT2D eigenvalue weighted by molar-refractivity contribution is -0.104. The van der Waals surface area contributed by atoms with Crippen LogP contribution in [-0.4, -0.2) is 11.2 Å². The Morgan fingerprint density at radius 2 is 2.14 bits per heavy atom. The van der Waals surface area contributed by atoms with Gasteiger partial charge < -0.3 is 4.90 Å². The molecule has 1 heterocycles. The molecule has 1 aromatic carbocycles. The average Bonchev–Trinajstić information content (AvgIpc) is 2.26. The topological polar surface area (TPSA) is 20.3 Å². The van der Waals surface area contributed by atoms with E-state index in [9.17, 15) is 4.79 Å². The first kappa shape index (κ1) is 8.75. The maximum atomic E-state index is 10.2. The molecule has 2 heteroatoms. The minimum absolute atomic E-state index is 0.786. The van der Waals surface area contributed by atoms with Crippen molar-refractivity contribution in [3.8, 4) is 0 Å². The maximum Gasteiger partial charge on any atom is 0.144 e. The van der Waals surface area contributed by atoms with Crippen molar-refractivity contribution in [2.75, 3.05) is 0 Å². The number of carbonyl (C=O) groups is 1. The van der Waals surface area contributed by atoms with Crippen molar-refractivity contribution >= 4 is 12.4 Å². The zero-order valence-electron chi connectivity index (χ0n) is 7.76. The molecule has 0 aliphatic carbocycles. The Hall–Kier alpha value is -1.83. The molecule has 0 saturated heterocycles. The van der Waals surface area contributed by atoms with E-state index in [2.05, 4.69) is 12.1 Å². The van der Waals surface area contributed by atoms with Gasteiger partial charge >= 0.3 is 0 Å². The molecule has 0 amide bonds. The predicted octanol–water partition coefficient (Wildman–Crippen LogP) is 2.19. The van der Waals surface area contributed by atoms with Crippen molar-refractivity contribution in [3.05, 3.63) is 53.9 Å². The molecule has 0 aromatic heterocycles. The first-order chi connectivity index (χ1) is 6.90. The van der Waals surface area contributed by atoms with Crippen LogP contribution in [0.2, 0.25) is 0 Å². The molecule has 0 saturated carbocycles. The summed E-state index contributed by atoms with van der Waals surface area (Å²) in [5.74, 6) is 0. The van der Waals surface area contributed by atoms with Crippen molar-refractivity contribution in [1.29, 1.82) is 0 Å². The minimum atomic E-state index is 0.786. The highest BCUT2D eigenvalue weighted by molar-refractivity contribution is 5.64. The smallest absolute Gasteiger partial charge is 0.144 e. The van der Waals surface area contributed by atoms with Crippen molar-refractivity contribution in [2.45, 2.75) is 6.54 Å². The van der Waals surface area contributed by atoms with Gasteiger partial charge in [-0.2, -0.15) is 0 Å². The second-order valence-corrected chi connectivity index (χ2v) is 3.16. The van der Waals surface area contributed by atoms with E-state index in [0.29, 0.717) is 0 Å². The molecule has 0 atom stereocenters. The molecule has 2 nitrogen and oxygen atoms in total. The standard InChI is InChI=1S/C12H11NO/c14-9-3-7-13-8-6-11-4-1-2-5-12(11)10-13/h1-9H,10H2. The van der Waals surface area contributed by atoms with Crippen LogP contribution >= 0.6 is 0 Å². The van der Waals surface area contributed by atoms with E-state index in [4.69, 9.17) is 0 Å². The molecular formula is C12H11NO. The van der Waals surface area contributed by atoms with Gasteiger partial charge in [0.1, 0.15) is 6.29 Å². The number of hydrogen-bond acceptors (Lipinski definition) is 2. The number of benzene rings is 1. The lowest BCUT2D eigenvalue weighted by Gasteiger charge is -2.21. The van der Waals surface area contributed by atoms with Gasteiger partial charge in [0.05, 0.1) is 0 Å². The monoisotopic (exact) mass is 185 g/mol. The minimum Gasteiger partial charge on any atom is -0.350 e. The third-order valence-corrected chi connectivity index (χ3v) is 2.21. The first-order valence-electron chi connectivity index (χ1n) is 4.54. The number of rotatable bonds is 2. The lowest BCUT2D eigenvalue weighted by Crippen LogP contribution is -2.13. The quantitative estimate of drug-likeness (QED) is 0.520. The van der Waals surface area contributed by atoms with Crippen LogP contribution in [0, 0.1) is 0 Å². The second kappa shape index (κ2) is 3.92. The summed E-state index contributed by atoms with van der Waals surface area (Å²) in [6, 6.07) is 8.24. The van der Waals surface area contributed by atoms with Gasteiger partial charge in [-0.1, -0.05) is 24.3 Å². The van der Waals surface area contributed by atoms with Crippen LogP contribution in [0.25, 0.3) is 6.08 Å². The summed E-state index contributed by atoms with van der Waals surface area (Å²) in [6.07, 6.45) is 8.09. The number of fused-ring (bicyclic) bond motifs is 1. The van der Waals surface area contributed by atoms with Crippen molar-refractivity contribution in [2.24, 2.45) is 0 Å². The van der Waals surface area contributed by atoms with Crippen LogP contribution in [0.3, 0.4) is 0 Å². The summed E-state index contributed by atoms with van der Waals surface area (Å²) in [5.41, 5.74) is 2.54. The third-order valence-electron chi connectivity index (χ3n) is 2.21. The maximum absolute atomic E-state index is 10.2. The van der Waals surface area contributed by atoms with Crippen LogP contribution in [0.5, 0.6) is 0 Å². The molecule has 0 spiro atoms. The van der Waals surface area contributed by atoms with E-state index >= 15 is 0 Å². The third kappa shape index (κ3) is 1.74. The lowest BCUT2D eigenvalue weighted by atomic mass is 10.0. The van der Waals surface area contributed by atoms with Crippen molar-refractivity contribution in [1.82, 2.24) is 4.90 Å². The fourth-order valence-corrected chi connectivity index (χ4v) is 1.51. The summed E-state index contributed by atoms with van der Waals surface area (Å²) in [5, 5.41) is 0. The molecule has 0 bridgehead atoms. The van der Waals surface area contributed by atoms with E-state index in [1.54, 1.807) is 6.20 Å². The molecule has 0 fully saturated rings. The summed E-state index contributed by atoms with van der Waals surface area (Å²) in [6.45, 7) is 0.830. The number of aldehydes is 1. The van der Waals surface area contributed by atoms with Gasteiger partial charge in [0.15, 0.2) is 0 Å². The predicted molar refractivity (Wildman–Crippen MR) is 56.2 cm³/mol. The fraction of sp³-hybridized carbons (Fsp3) is 0.0833. The normalized spacial score (nSPS) is 14.4. The van der Waals surface area contributed by atoms with Gasteiger partial charge in [0.25, 0.3) is 0 Å². The van der Waals surface area contributed by atoms with Crippen LogP contribution in [0.15, 0.2) is 42.7 Å². The highest BCUT2D eigenvalue weighted by Crippen LogP contribution is 2.18. The van der Waals surface area contributed by atoms with E-state index < -0.39 is 0 Å². The van der Waals surface area contributed by atoms with E-state index in [-0.39, 0.29) is 0 Å². The molecule has 0 N–H and O–H groups in total. The SMILES string of the molecule is O=CC=CN1C=Cc2ccccc2C1. The van der Waals surface area contributed by atoms with Crippen molar-refractivity contribution < 1.29 is 4.79 Å². The number of nitrogens with zero attached hydrogens (tertiary/aromatic N) is 1. The number of hydrogen-bond donors (Lipinski definition) is 0. The Morgan fingerprint density at radius 3 is 3.00 bits per heavy atom.